The highest BCUT2D eigenvalue weighted by atomic mass is 35.5. The number of nitrogens with one attached hydrogen (secondary N) is 4. The molecule has 0 amide bonds. The molecule has 47 heavy (non-hydrogen) atoms. The van der Waals surface area contributed by atoms with E-state index in [4.69, 9.17) is 26.1 Å². The van der Waals surface area contributed by atoms with Gasteiger partial charge in [0.25, 0.3) is 0 Å². The summed E-state index contributed by atoms with van der Waals surface area (Å²) >= 11 is 6.58. The molecule has 2 aliphatic rings. The number of pyridine rings is 3. The van der Waals surface area contributed by atoms with Gasteiger partial charge < -0.3 is 25.4 Å². The Labute approximate surface area is 282 Å². The summed E-state index contributed by atoms with van der Waals surface area (Å²) in [6.45, 7) is 4.63. The van der Waals surface area contributed by atoms with Crippen molar-refractivity contribution in [3.8, 4) is 17.3 Å². The number of hydrogen-bond acceptors (Lipinski definition) is 11. The van der Waals surface area contributed by atoms with Crippen molar-refractivity contribution in [1.29, 1.82) is 5.26 Å². The van der Waals surface area contributed by atoms with Gasteiger partial charge in [-0.3, -0.25) is 4.72 Å². The van der Waals surface area contributed by atoms with Crippen LogP contribution in [0, 0.1) is 16.7 Å². The Bertz CT molecular complexity index is 1640. The van der Waals surface area contributed by atoms with Crippen LogP contribution < -0.4 is 20.7 Å². The van der Waals surface area contributed by atoms with E-state index < -0.39 is 15.4 Å². The van der Waals surface area contributed by atoms with E-state index in [1.165, 1.54) is 0 Å². The Kier molecular flexibility index (Phi) is 11.9. The highest BCUT2D eigenvalue weighted by Crippen LogP contribution is 2.32. The summed E-state index contributed by atoms with van der Waals surface area (Å²) in [7, 11) is -3.38. The molecule has 1 aliphatic carbocycles. The molecule has 252 valence electrons. The molecule has 0 spiro atoms. The van der Waals surface area contributed by atoms with Crippen molar-refractivity contribution < 1.29 is 17.9 Å². The van der Waals surface area contributed by atoms with Crippen LogP contribution in [0.1, 0.15) is 51.1 Å². The molecule has 0 bridgehead atoms. The number of nitriles is 1. The predicted molar refractivity (Wildman–Crippen MR) is 184 cm³/mol. The van der Waals surface area contributed by atoms with E-state index in [9.17, 15) is 13.7 Å². The molecule has 1 aliphatic heterocycles. The van der Waals surface area contributed by atoms with E-state index in [-0.39, 0.29) is 11.9 Å². The molecular weight excluding hydrogens is 640 g/mol. The van der Waals surface area contributed by atoms with Crippen LogP contribution in [0.3, 0.4) is 0 Å². The molecule has 1 unspecified atom stereocenters. The van der Waals surface area contributed by atoms with Gasteiger partial charge in [0.2, 0.25) is 10.0 Å². The van der Waals surface area contributed by atoms with Gasteiger partial charge in [-0.05, 0) is 75.8 Å². The third-order valence-corrected chi connectivity index (χ3v) is 9.37. The number of sulfonamides is 1. The zero-order chi connectivity index (χ0) is 33.3. The first-order valence-electron chi connectivity index (χ1n) is 16.0. The number of rotatable bonds is 14. The van der Waals surface area contributed by atoms with E-state index in [2.05, 4.69) is 43.6 Å². The van der Waals surface area contributed by atoms with E-state index in [0.717, 1.165) is 49.0 Å². The monoisotopic (exact) mass is 682 g/mol. The molecule has 5 rings (SSSR count). The fourth-order valence-corrected chi connectivity index (χ4v) is 6.65. The van der Waals surface area contributed by atoms with E-state index in [0.29, 0.717) is 74.4 Å². The maximum atomic E-state index is 11.5. The molecular formula is C33H43ClN8O4S. The van der Waals surface area contributed by atoms with Gasteiger partial charge in [-0.1, -0.05) is 23.7 Å². The van der Waals surface area contributed by atoms with Gasteiger partial charge in [0.15, 0.2) is 0 Å². The predicted octanol–water partition coefficient (Wildman–Crippen LogP) is 5.21. The van der Waals surface area contributed by atoms with Crippen LogP contribution in [-0.4, -0.2) is 74.1 Å². The highest BCUT2D eigenvalue weighted by molar-refractivity contribution is 7.92. The summed E-state index contributed by atoms with van der Waals surface area (Å²) in [5, 5.41) is 20.9. The molecule has 0 aromatic carbocycles. The van der Waals surface area contributed by atoms with Crippen molar-refractivity contribution in [1.82, 2.24) is 20.3 Å². The first-order valence-corrected chi connectivity index (χ1v) is 18.3. The van der Waals surface area contributed by atoms with Crippen molar-refractivity contribution in [2.75, 3.05) is 48.0 Å². The maximum Gasteiger partial charge on any atom is 0.230 e. The summed E-state index contributed by atoms with van der Waals surface area (Å²) in [4.78, 5) is 13.6. The molecule has 12 nitrogen and oxygen atoms in total. The van der Waals surface area contributed by atoms with Gasteiger partial charge in [-0.2, -0.15) is 5.26 Å². The second kappa shape index (κ2) is 16.0. The summed E-state index contributed by atoms with van der Waals surface area (Å²) in [6.07, 6.45) is 8.21. The van der Waals surface area contributed by atoms with E-state index >= 15 is 0 Å². The lowest BCUT2D eigenvalue weighted by molar-refractivity contribution is 0.0455. The van der Waals surface area contributed by atoms with Crippen molar-refractivity contribution in [3.05, 3.63) is 59.4 Å². The standard InChI is InChI=1S/C33H43ClN8O4S/c1-23(19-46-20-26-5-3-8-31(40-26)42-47(2,43)44)38-24-9-11-25(12-10-24)39-32-17-27(28(34)18-36-32)29-6-4-7-30(41-29)37-22-33(21-35)13-15-45-16-14-33/h3-8,17-18,23-25,38H,9-16,19-20,22H2,1-2H3,(H,36,39)(H,37,41)(H,40,42)/t23?,24-,25-. The zero-order valence-electron chi connectivity index (χ0n) is 26.8. The number of nitrogens with zero attached hydrogens (tertiary/aromatic N) is 4. The van der Waals surface area contributed by atoms with Crippen LogP contribution in [0.5, 0.6) is 0 Å². The Balaban J connectivity index is 1.07. The number of aromatic nitrogens is 3. The van der Waals surface area contributed by atoms with Crippen LogP contribution in [0.4, 0.5) is 17.5 Å². The number of ether oxygens (including phenoxy) is 2. The first kappa shape index (κ1) is 34.8. The lowest BCUT2D eigenvalue weighted by Crippen LogP contribution is -2.43. The van der Waals surface area contributed by atoms with Gasteiger partial charge in [-0.25, -0.2) is 23.4 Å². The van der Waals surface area contributed by atoms with Gasteiger partial charge in [0.05, 0.1) is 47.4 Å². The molecule has 0 radical (unpaired) electrons. The highest BCUT2D eigenvalue weighted by Gasteiger charge is 2.32. The molecule has 3 aromatic rings. The van der Waals surface area contributed by atoms with Gasteiger partial charge in [-0.15, -0.1) is 0 Å². The second-order valence-electron chi connectivity index (χ2n) is 12.5. The van der Waals surface area contributed by atoms with Crippen molar-refractivity contribution in [2.24, 2.45) is 5.41 Å². The van der Waals surface area contributed by atoms with E-state index in [1.807, 2.05) is 30.3 Å². The Morgan fingerprint density at radius 3 is 2.53 bits per heavy atom. The fourth-order valence-electron chi connectivity index (χ4n) is 5.96. The quantitative estimate of drug-likeness (QED) is 0.176. The van der Waals surface area contributed by atoms with Crippen LogP contribution >= 0.6 is 11.6 Å². The van der Waals surface area contributed by atoms with Crippen LogP contribution in [0.25, 0.3) is 11.3 Å². The van der Waals surface area contributed by atoms with Gasteiger partial charge in [0, 0.05) is 49.6 Å². The molecule has 1 saturated carbocycles. The summed E-state index contributed by atoms with van der Waals surface area (Å²) in [5.74, 6) is 1.74. The Morgan fingerprint density at radius 1 is 1.06 bits per heavy atom. The van der Waals surface area contributed by atoms with Gasteiger partial charge >= 0.3 is 0 Å². The molecule has 3 aromatic heterocycles. The average Bonchev–Trinajstić information content (AvgIpc) is 3.05. The largest absolute Gasteiger partial charge is 0.381 e. The van der Waals surface area contributed by atoms with E-state index in [1.54, 1.807) is 18.3 Å². The van der Waals surface area contributed by atoms with Crippen LogP contribution in [0.15, 0.2) is 48.7 Å². The molecule has 1 saturated heterocycles. The summed E-state index contributed by atoms with van der Waals surface area (Å²) in [6, 6.07) is 16.2. The van der Waals surface area contributed by atoms with Gasteiger partial charge in [0.1, 0.15) is 17.5 Å². The molecule has 4 N–H and O–H groups in total. The SMILES string of the molecule is CC(COCc1cccc(NS(C)(=O)=O)n1)N[C@H]1CC[C@H](Nc2cc(-c3cccc(NCC4(C#N)CCOCC4)n3)c(Cl)cn2)CC1. The third-order valence-electron chi connectivity index (χ3n) is 8.49. The Morgan fingerprint density at radius 2 is 1.79 bits per heavy atom. The Hall–Kier alpha value is -3.54. The summed E-state index contributed by atoms with van der Waals surface area (Å²) in [5.41, 5.74) is 1.75. The van der Waals surface area contributed by atoms with Crippen LogP contribution in [0.2, 0.25) is 5.02 Å². The smallest absolute Gasteiger partial charge is 0.230 e. The van der Waals surface area contributed by atoms with Crippen molar-refractivity contribution in [3.63, 3.8) is 0 Å². The number of anilines is 3. The minimum Gasteiger partial charge on any atom is -0.381 e. The molecule has 1 atom stereocenters. The minimum absolute atomic E-state index is 0.155. The molecule has 4 heterocycles. The van der Waals surface area contributed by atoms with Crippen LogP contribution in [-0.2, 0) is 26.1 Å². The fraction of sp³-hybridized carbons (Fsp3) is 0.515. The summed E-state index contributed by atoms with van der Waals surface area (Å²) < 4.78 is 36.6. The third kappa shape index (κ3) is 10.5. The lowest BCUT2D eigenvalue weighted by Gasteiger charge is -2.32. The molecule has 14 heteroatoms. The number of halogens is 1. The first-order chi connectivity index (χ1) is 22.6. The second-order valence-corrected chi connectivity index (χ2v) is 14.6. The normalized spacial score (nSPS) is 20.1. The van der Waals surface area contributed by atoms with Crippen molar-refractivity contribution in [2.45, 2.75) is 70.2 Å². The topological polar surface area (TPSA) is 163 Å². The minimum atomic E-state index is -3.38. The zero-order valence-corrected chi connectivity index (χ0v) is 28.4. The average molecular weight is 683 g/mol. The lowest BCUT2D eigenvalue weighted by atomic mass is 9.82. The number of hydrogen-bond donors (Lipinski definition) is 4. The van der Waals surface area contributed by atoms with Crippen molar-refractivity contribution >= 4 is 39.1 Å². The maximum absolute atomic E-state index is 11.5. The molecule has 2 fully saturated rings.